The molecule has 0 unspecified atom stereocenters. The van der Waals surface area contributed by atoms with E-state index in [0.29, 0.717) is 12.4 Å². The number of rotatable bonds is 6. The number of halogens is 1. The van der Waals surface area contributed by atoms with Gasteiger partial charge in [0.25, 0.3) is 0 Å². The molecule has 0 radical (unpaired) electrons. The minimum absolute atomic E-state index is 0.0786. The van der Waals surface area contributed by atoms with Gasteiger partial charge in [0.1, 0.15) is 0 Å². The summed E-state index contributed by atoms with van der Waals surface area (Å²) in [7, 11) is 0. The van der Waals surface area contributed by atoms with Crippen molar-refractivity contribution in [3.63, 3.8) is 0 Å². The molecular formula is C16H22BrNO3. The second-order valence-electron chi connectivity index (χ2n) is 5.90. The van der Waals surface area contributed by atoms with Crippen molar-refractivity contribution in [3.05, 3.63) is 33.9 Å². The van der Waals surface area contributed by atoms with Crippen molar-refractivity contribution in [2.75, 3.05) is 11.9 Å². The van der Waals surface area contributed by atoms with Crippen LogP contribution in [0.1, 0.15) is 44.6 Å². The first-order chi connectivity index (χ1) is 10.1. The first-order valence-corrected chi connectivity index (χ1v) is 8.68. The summed E-state index contributed by atoms with van der Waals surface area (Å²) in [6, 6.07) is 5.27. The third kappa shape index (κ3) is 3.96. The van der Waals surface area contributed by atoms with Gasteiger partial charge >= 0.3 is 5.69 Å². The Kier molecular flexibility index (Phi) is 5.62. The van der Waals surface area contributed by atoms with E-state index in [0.717, 1.165) is 30.2 Å². The molecule has 0 aliphatic heterocycles. The fourth-order valence-corrected chi connectivity index (χ4v) is 3.62. The van der Waals surface area contributed by atoms with Crippen molar-refractivity contribution in [1.29, 1.82) is 0 Å². The molecule has 1 aromatic rings. The van der Waals surface area contributed by atoms with Gasteiger partial charge in [-0.05, 0) is 30.9 Å². The zero-order valence-electron chi connectivity index (χ0n) is 12.4. The van der Waals surface area contributed by atoms with E-state index in [1.165, 1.54) is 19.3 Å². The number of ether oxygens (including phenoxy) is 1. The van der Waals surface area contributed by atoms with Gasteiger partial charge < -0.3 is 4.74 Å². The van der Waals surface area contributed by atoms with Crippen LogP contribution in [0.2, 0.25) is 0 Å². The van der Waals surface area contributed by atoms with Crippen molar-refractivity contribution in [1.82, 2.24) is 0 Å². The highest BCUT2D eigenvalue weighted by Crippen LogP contribution is 2.39. The maximum atomic E-state index is 11.2. The summed E-state index contributed by atoms with van der Waals surface area (Å²) in [5, 5.41) is 12.1. The van der Waals surface area contributed by atoms with E-state index in [9.17, 15) is 10.1 Å². The van der Waals surface area contributed by atoms with Crippen molar-refractivity contribution >= 4 is 21.6 Å². The lowest BCUT2D eigenvalue weighted by atomic mass is 9.76. The van der Waals surface area contributed by atoms with Crippen LogP contribution in [-0.2, 0) is 6.42 Å². The zero-order chi connectivity index (χ0) is 15.3. The highest BCUT2D eigenvalue weighted by atomic mass is 79.9. The number of nitro benzene ring substituents is 1. The summed E-state index contributed by atoms with van der Waals surface area (Å²) in [6.45, 7) is 2.53. The molecule has 21 heavy (non-hydrogen) atoms. The summed E-state index contributed by atoms with van der Waals surface area (Å²) >= 11 is 3.60. The second kappa shape index (κ2) is 7.25. The maximum absolute atomic E-state index is 11.2. The Morgan fingerprint density at radius 1 is 1.33 bits per heavy atom. The molecule has 0 amide bonds. The van der Waals surface area contributed by atoms with Crippen molar-refractivity contribution in [2.45, 2.75) is 45.4 Å². The number of hydrogen-bond donors (Lipinski definition) is 0. The Bertz CT molecular complexity index is 498. The highest BCUT2D eigenvalue weighted by molar-refractivity contribution is 9.09. The molecule has 0 heterocycles. The van der Waals surface area contributed by atoms with E-state index >= 15 is 0 Å². The summed E-state index contributed by atoms with van der Waals surface area (Å²) in [5.74, 6) is 0.392. The van der Waals surface area contributed by atoms with Gasteiger partial charge in [0, 0.05) is 16.8 Å². The van der Waals surface area contributed by atoms with Gasteiger partial charge in [0.15, 0.2) is 5.75 Å². The monoisotopic (exact) mass is 355 g/mol. The molecule has 1 aliphatic rings. The molecule has 0 N–H and O–H groups in total. The zero-order valence-corrected chi connectivity index (χ0v) is 14.0. The first-order valence-electron chi connectivity index (χ1n) is 7.56. The van der Waals surface area contributed by atoms with Crippen molar-refractivity contribution < 1.29 is 9.66 Å². The van der Waals surface area contributed by atoms with Crippen LogP contribution in [0.15, 0.2) is 18.2 Å². The standard InChI is InChI=1S/C16H22BrNO3/c1-2-13-6-7-15(14(10-13)18(19)20)21-12-16(11-17)8-4-3-5-9-16/h6-7,10H,2-5,8-9,11-12H2,1H3. The molecule has 0 atom stereocenters. The van der Waals surface area contributed by atoms with E-state index in [1.54, 1.807) is 12.1 Å². The summed E-state index contributed by atoms with van der Waals surface area (Å²) in [5.41, 5.74) is 1.16. The fraction of sp³-hybridized carbons (Fsp3) is 0.625. The number of hydrogen-bond acceptors (Lipinski definition) is 3. The lowest BCUT2D eigenvalue weighted by Crippen LogP contribution is -2.32. The Morgan fingerprint density at radius 2 is 2.05 bits per heavy atom. The largest absolute Gasteiger partial charge is 0.486 e. The molecule has 1 aromatic carbocycles. The topological polar surface area (TPSA) is 52.4 Å². The van der Waals surface area contributed by atoms with Crippen LogP contribution >= 0.6 is 15.9 Å². The van der Waals surface area contributed by atoms with Crippen LogP contribution in [0.25, 0.3) is 0 Å². The molecule has 1 saturated carbocycles. The molecule has 0 spiro atoms. The number of alkyl halides is 1. The molecule has 0 saturated heterocycles. The normalized spacial score (nSPS) is 17.4. The van der Waals surface area contributed by atoms with E-state index in [4.69, 9.17) is 4.74 Å². The lowest BCUT2D eigenvalue weighted by molar-refractivity contribution is -0.386. The maximum Gasteiger partial charge on any atom is 0.311 e. The quantitative estimate of drug-likeness (QED) is 0.415. The average molecular weight is 356 g/mol. The minimum atomic E-state index is -0.351. The summed E-state index contributed by atoms with van der Waals surface area (Å²) < 4.78 is 5.86. The van der Waals surface area contributed by atoms with Crippen LogP contribution in [0.4, 0.5) is 5.69 Å². The van der Waals surface area contributed by atoms with Gasteiger partial charge in [0.2, 0.25) is 0 Å². The van der Waals surface area contributed by atoms with E-state index < -0.39 is 0 Å². The minimum Gasteiger partial charge on any atom is -0.486 e. The van der Waals surface area contributed by atoms with Gasteiger partial charge in [-0.3, -0.25) is 10.1 Å². The van der Waals surface area contributed by atoms with Gasteiger partial charge in [-0.1, -0.05) is 48.2 Å². The average Bonchev–Trinajstić information content (AvgIpc) is 2.53. The molecular weight excluding hydrogens is 334 g/mol. The molecule has 5 heteroatoms. The third-order valence-electron chi connectivity index (χ3n) is 4.36. The Morgan fingerprint density at radius 3 is 2.62 bits per heavy atom. The highest BCUT2D eigenvalue weighted by Gasteiger charge is 2.32. The van der Waals surface area contributed by atoms with Gasteiger partial charge in [-0.2, -0.15) is 0 Å². The number of nitrogens with zero attached hydrogens (tertiary/aromatic N) is 1. The predicted octanol–water partition coefficient (Wildman–Crippen LogP) is 4.88. The Labute approximate surface area is 134 Å². The predicted molar refractivity (Wildman–Crippen MR) is 87.3 cm³/mol. The number of nitro groups is 1. The van der Waals surface area contributed by atoms with Crippen molar-refractivity contribution in [3.8, 4) is 5.75 Å². The molecule has 2 rings (SSSR count). The fourth-order valence-electron chi connectivity index (χ4n) is 2.90. The van der Waals surface area contributed by atoms with E-state index in [1.807, 2.05) is 13.0 Å². The Balaban J connectivity index is 2.13. The Hall–Kier alpha value is -1.10. The SMILES string of the molecule is CCc1ccc(OCC2(CBr)CCCCC2)c([N+](=O)[O-])c1. The number of benzene rings is 1. The second-order valence-corrected chi connectivity index (χ2v) is 6.46. The third-order valence-corrected chi connectivity index (χ3v) is 5.55. The van der Waals surface area contributed by atoms with Crippen LogP contribution in [-0.4, -0.2) is 16.9 Å². The molecule has 1 aliphatic carbocycles. The van der Waals surface area contributed by atoms with Crippen LogP contribution < -0.4 is 4.74 Å². The van der Waals surface area contributed by atoms with Gasteiger partial charge in [-0.15, -0.1) is 0 Å². The van der Waals surface area contributed by atoms with E-state index in [2.05, 4.69) is 15.9 Å². The van der Waals surface area contributed by atoms with Crippen LogP contribution in [0.5, 0.6) is 5.75 Å². The van der Waals surface area contributed by atoms with Gasteiger partial charge in [-0.25, -0.2) is 0 Å². The molecule has 1 fully saturated rings. The van der Waals surface area contributed by atoms with Gasteiger partial charge in [0.05, 0.1) is 11.5 Å². The van der Waals surface area contributed by atoms with E-state index in [-0.39, 0.29) is 16.0 Å². The summed E-state index contributed by atoms with van der Waals surface area (Å²) in [4.78, 5) is 10.9. The smallest absolute Gasteiger partial charge is 0.311 e. The number of aryl methyl sites for hydroxylation is 1. The first kappa shape index (κ1) is 16.3. The van der Waals surface area contributed by atoms with Crippen LogP contribution in [0, 0.1) is 15.5 Å². The van der Waals surface area contributed by atoms with Crippen LogP contribution in [0.3, 0.4) is 0 Å². The lowest BCUT2D eigenvalue weighted by Gasteiger charge is -2.35. The van der Waals surface area contributed by atoms with Crippen molar-refractivity contribution in [2.24, 2.45) is 5.41 Å². The molecule has 0 bridgehead atoms. The summed E-state index contributed by atoms with van der Waals surface area (Å²) in [6.07, 6.45) is 6.74. The molecule has 0 aromatic heterocycles. The molecule has 4 nitrogen and oxygen atoms in total. The molecule has 116 valence electrons.